The van der Waals surface area contributed by atoms with Crippen LogP contribution in [0.2, 0.25) is 0 Å². The topological polar surface area (TPSA) is 294 Å². The summed E-state index contributed by atoms with van der Waals surface area (Å²) < 4.78 is 0. The lowest BCUT2D eigenvalue weighted by Gasteiger charge is -2.36. The Morgan fingerprint density at radius 1 is 0.484 bits per heavy atom. The molecule has 10 amide bonds. The second-order valence-corrected chi connectivity index (χ2v) is 17.3. The lowest BCUT2D eigenvalue weighted by atomic mass is 9.99. The number of hydrogen-bond donors (Lipinski definition) is 6. The van der Waals surface area contributed by atoms with Crippen molar-refractivity contribution in [2.75, 3.05) is 80.5 Å². The Morgan fingerprint density at radius 3 is 1.12 bits per heavy atom. The van der Waals surface area contributed by atoms with E-state index in [1.165, 1.54) is 47.8 Å². The molecular formula is C40H70Cl2N12O10. The van der Waals surface area contributed by atoms with E-state index in [0.29, 0.717) is 38.5 Å². The Bertz CT molecular complexity index is 1590. The lowest BCUT2D eigenvalue weighted by molar-refractivity contribution is -0.403. The second kappa shape index (κ2) is 26.2. The SMILES string of the molecule is CC(C)[C@H]1C(=O)NC[C@@H]([NH3+])C(=O)N2CCCC[C@H]2C(=O)NCC(=O)N(C)CC(=O)N(C)[C@@H](C(C)C)C(=O)NC[C@@H]([NH3+])C(=O)N2CCCC[C@H]2C(=O)NCC(=O)N(C)CC(=O)N1C.[Cl-].[Cl-]. The number of nitrogens with zero attached hydrogens (tertiary/aromatic N) is 6. The van der Waals surface area contributed by atoms with Gasteiger partial charge in [0.05, 0.1) is 39.3 Å². The zero-order valence-corrected chi connectivity index (χ0v) is 40.0. The highest BCUT2D eigenvalue weighted by atomic mass is 35.5. The molecule has 0 aliphatic carbocycles. The number of likely N-dealkylation sites (N-methyl/N-ethyl adjacent to an activating group) is 4. The molecule has 6 atom stereocenters. The van der Waals surface area contributed by atoms with E-state index in [1.807, 2.05) is 0 Å². The predicted octanol–water partition coefficient (Wildman–Crippen LogP) is -11.7. The van der Waals surface area contributed by atoms with Crippen molar-refractivity contribution < 1.29 is 84.2 Å². The van der Waals surface area contributed by atoms with Crippen molar-refractivity contribution in [1.29, 1.82) is 0 Å². The third kappa shape index (κ3) is 15.2. The van der Waals surface area contributed by atoms with Gasteiger partial charge in [0.25, 0.3) is 11.8 Å². The predicted molar refractivity (Wildman–Crippen MR) is 222 cm³/mol. The van der Waals surface area contributed by atoms with Gasteiger partial charge < -0.3 is 86.9 Å². The fraction of sp³-hybridized carbons (Fsp3) is 0.750. The highest BCUT2D eigenvalue weighted by Crippen LogP contribution is 2.20. The van der Waals surface area contributed by atoms with E-state index >= 15 is 0 Å². The Morgan fingerprint density at radius 2 is 0.812 bits per heavy atom. The molecule has 3 rings (SSSR count). The molecule has 0 spiro atoms. The number of piperidine rings is 2. The summed E-state index contributed by atoms with van der Waals surface area (Å²) in [6.07, 6.45) is 3.21. The minimum absolute atomic E-state index is 0. The maximum atomic E-state index is 13.7. The van der Waals surface area contributed by atoms with E-state index in [1.54, 1.807) is 27.7 Å². The van der Waals surface area contributed by atoms with Gasteiger partial charge in [-0.3, -0.25) is 47.9 Å². The van der Waals surface area contributed by atoms with Crippen LogP contribution >= 0.6 is 0 Å². The van der Waals surface area contributed by atoms with Crippen molar-refractivity contribution in [3.8, 4) is 0 Å². The zero-order valence-electron chi connectivity index (χ0n) is 38.5. The van der Waals surface area contributed by atoms with Gasteiger partial charge in [-0.25, -0.2) is 0 Å². The monoisotopic (exact) mass is 948 g/mol. The molecule has 3 fully saturated rings. The third-order valence-corrected chi connectivity index (χ3v) is 11.8. The molecule has 24 heteroatoms. The molecule has 0 unspecified atom stereocenters. The van der Waals surface area contributed by atoms with Gasteiger partial charge in [0.2, 0.25) is 47.3 Å². The number of hydrogen-bond acceptors (Lipinski definition) is 10. The van der Waals surface area contributed by atoms with Crippen LogP contribution in [0.3, 0.4) is 0 Å². The Hall–Kier alpha value is -4.80. The summed E-state index contributed by atoms with van der Waals surface area (Å²) in [4.78, 5) is 142. The maximum Gasteiger partial charge on any atom is 0.283 e. The Labute approximate surface area is 387 Å². The van der Waals surface area contributed by atoms with Gasteiger partial charge in [-0.1, -0.05) is 27.7 Å². The van der Waals surface area contributed by atoms with Crippen LogP contribution < -0.4 is 57.5 Å². The summed E-state index contributed by atoms with van der Waals surface area (Å²) in [6, 6.07) is -5.79. The summed E-state index contributed by atoms with van der Waals surface area (Å²) in [5.41, 5.74) is 7.89. The van der Waals surface area contributed by atoms with E-state index in [9.17, 15) is 47.9 Å². The van der Waals surface area contributed by atoms with Crippen LogP contribution in [0.15, 0.2) is 0 Å². The number of carbonyl (C=O) groups is 10. The van der Waals surface area contributed by atoms with Gasteiger partial charge in [0, 0.05) is 41.3 Å². The van der Waals surface area contributed by atoms with Gasteiger partial charge in [-0.05, 0) is 50.4 Å². The van der Waals surface area contributed by atoms with Crippen molar-refractivity contribution in [1.82, 2.24) is 50.7 Å². The van der Waals surface area contributed by atoms with Crippen LogP contribution in [0.4, 0.5) is 0 Å². The van der Waals surface area contributed by atoms with Gasteiger partial charge in [0.15, 0.2) is 12.1 Å². The summed E-state index contributed by atoms with van der Waals surface area (Å²) in [6.45, 7) is 5.31. The van der Waals surface area contributed by atoms with Gasteiger partial charge >= 0.3 is 0 Å². The van der Waals surface area contributed by atoms with Crippen LogP contribution in [-0.2, 0) is 47.9 Å². The highest BCUT2D eigenvalue weighted by molar-refractivity contribution is 5.96. The Balaban J connectivity index is 0.0000102. The standard InChI is InChI=1S/C40H68N12O10.2ClH/c1-23(2)33-37(59)43-17-25(41)39(61)51-15-11-9-13-27(51)35(57)46-20-30(54)48(6)22-32(56)50(8)34(24(3)4)38(60)44-18-26(42)40(62)52-16-12-10-14-28(52)36(58)45-19-29(53)47(5)21-31(55)49(33)7;;/h23-28,33-34H,9-22,41-42H2,1-8H3,(H,43,59)(H,44,60)(H,45,58)(H,46,57);2*1H/t25-,26-,27+,28+,33+,34+;;/m1../s1. The molecule has 22 nitrogen and oxygen atoms in total. The second-order valence-electron chi connectivity index (χ2n) is 17.3. The quantitative estimate of drug-likeness (QED) is 0.152. The smallest absolute Gasteiger partial charge is 0.283 e. The van der Waals surface area contributed by atoms with Crippen LogP contribution in [0, 0.1) is 11.8 Å². The van der Waals surface area contributed by atoms with Crippen molar-refractivity contribution in [2.24, 2.45) is 11.8 Å². The zero-order chi connectivity index (χ0) is 46.6. The molecule has 0 bridgehead atoms. The van der Waals surface area contributed by atoms with Crippen LogP contribution in [0.25, 0.3) is 0 Å². The van der Waals surface area contributed by atoms with Gasteiger partial charge in [0.1, 0.15) is 24.2 Å². The number of nitrogens with one attached hydrogen (secondary N) is 4. The summed E-state index contributed by atoms with van der Waals surface area (Å²) in [5, 5.41) is 10.6. The van der Waals surface area contributed by atoms with E-state index in [4.69, 9.17) is 0 Å². The Kier molecular flexibility index (Phi) is 23.5. The molecule has 0 aromatic heterocycles. The first-order valence-electron chi connectivity index (χ1n) is 21.5. The normalized spacial score (nSPS) is 27.0. The van der Waals surface area contributed by atoms with Crippen LogP contribution in [-0.4, -0.2) is 205 Å². The molecule has 3 aliphatic heterocycles. The molecule has 3 heterocycles. The molecule has 3 aliphatic rings. The first kappa shape index (κ1) is 57.2. The first-order chi connectivity index (χ1) is 29.1. The summed E-state index contributed by atoms with van der Waals surface area (Å²) >= 11 is 0. The number of carbonyl (C=O) groups excluding carboxylic acids is 10. The number of quaternary nitrogens is 2. The van der Waals surface area contributed by atoms with Crippen molar-refractivity contribution >= 4 is 59.1 Å². The maximum absolute atomic E-state index is 13.7. The van der Waals surface area contributed by atoms with E-state index in [0.717, 1.165) is 9.80 Å². The van der Waals surface area contributed by atoms with Crippen molar-refractivity contribution in [3.63, 3.8) is 0 Å². The molecule has 10 N–H and O–H groups in total. The number of halogens is 2. The number of rotatable bonds is 2. The molecule has 364 valence electrons. The highest BCUT2D eigenvalue weighted by Gasteiger charge is 2.40. The molecule has 0 radical (unpaired) electrons. The van der Waals surface area contributed by atoms with Crippen LogP contribution in [0.5, 0.6) is 0 Å². The minimum Gasteiger partial charge on any atom is -1.00 e. The molecule has 0 aromatic carbocycles. The summed E-state index contributed by atoms with van der Waals surface area (Å²) in [5.74, 6) is -6.26. The number of amides is 10. The molecular weight excluding hydrogens is 879 g/mol. The van der Waals surface area contributed by atoms with E-state index in [-0.39, 0.29) is 62.8 Å². The number of fused-ring (bicyclic) bond motifs is 2. The van der Waals surface area contributed by atoms with E-state index in [2.05, 4.69) is 32.7 Å². The van der Waals surface area contributed by atoms with Gasteiger partial charge in [-0.2, -0.15) is 0 Å². The first-order valence-corrected chi connectivity index (χ1v) is 21.5. The van der Waals surface area contributed by atoms with Crippen molar-refractivity contribution in [3.05, 3.63) is 0 Å². The summed E-state index contributed by atoms with van der Waals surface area (Å²) in [7, 11) is 5.63. The molecule has 64 heavy (non-hydrogen) atoms. The molecule has 0 saturated carbocycles. The average Bonchev–Trinajstić information content (AvgIpc) is 3.23. The van der Waals surface area contributed by atoms with Crippen molar-refractivity contribution in [2.45, 2.75) is 102 Å². The largest absolute Gasteiger partial charge is 1.00 e. The fourth-order valence-electron chi connectivity index (χ4n) is 8.03. The van der Waals surface area contributed by atoms with Gasteiger partial charge in [-0.15, -0.1) is 0 Å². The fourth-order valence-corrected chi connectivity index (χ4v) is 8.03. The third-order valence-electron chi connectivity index (χ3n) is 11.8. The lowest BCUT2D eigenvalue weighted by Crippen LogP contribution is -3.00. The average molecular weight is 950 g/mol. The molecule has 0 aromatic rings. The molecule has 3 saturated heterocycles. The minimum atomic E-state index is -1.000. The van der Waals surface area contributed by atoms with Crippen LogP contribution in [0.1, 0.15) is 66.2 Å². The van der Waals surface area contributed by atoms with E-state index < -0.39 is 122 Å².